The SMILES string of the molecule is CC(C)(C)OC(=O)[C@H]1C(=O)N([C@H](CO)Cc2ccccc2)C(=O)[C@@H]1CCc1ccccc1. The molecule has 1 heterocycles. The molecule has 1 saturated heterocycles. The Morgan fingerprint density at radius 2 is 1.53 bits per heavy atom. The molecule has 6 heteroatoms. The van der Waals surface area contributed by atoms with E-state index in [1.54, 1.807) is 20.8 Å². The third-order valence-corrected chi connectivity index (χ3v) is 5.60. The molecule has 2 aromatic carbocycles. The number of carbonyl (C=O) groups is 3. The molecule has 2 aromatic rings. The Morgan fingerprint density at radius 3 is 2.06 bits per heavy atom. The van der Waals surface area contributed by atoms with Crippen molar-refractivity contribution >= 4 is 17.8 Å². The van der Waals surface area contributed by atoms with Crippen LogP contribution in [0.2, 0.25) is 0 Å². The van der Waals surface area contributed by atoms with Gasteiger partial charge in [-0.25, -0.2) is 0 Å². The van der Waals surface area contributed by atoms with Crippen LogP contribution >= 0.6 is 0 Å². The summed E-state index contributed by atoms with van der Waals surface area (Å²) in [7, 11) is 0. The van der Waals surface area contributed by atoms with Crippen molar-refractivity contribution in [3.05, 3.63) is 71.8 Å². The Hall–Kier alpha value is -2.99. The summed E-state index contributed by atoms with van der Waals surface area (Å²) < 4.78 is 5.50. The third-order valence-electron chi connectivity index (χ3n) is 5.60. The van der Waals surface area contributed by atoms with Gasteiger partial charge in [-0.3, -0.25) is 19.3 Å². The number of hydrogen-bond donors (Lipinski definition) is 1. The molecule has 1 N–H and O–H groups in total. The Balaban J connectivity index is 1.87. The number of hydrogen-bond acceptors (Lipinski definition) is 5. The first-order chi connectivity index (χ1) is 15.2. The van der Waals surface area contributed by atoms with Crippen LogP contribution < -0.4 is 0 Å². The summed E-state index contributed by atoms with van der Waals surface area (Å²) in [6.45, 7) is 4.82. The Labute approximate surface area is 189 Å². The molecule has 0 radical (unpaired) electrons. The molecular formula is C26H31NO5. The van der Waals surface area contributed by atoms with Crippen LogP contribution in [0, 0.1) is 11.8 Å². The van der Waals surface area contributed by atoms with Gasteiger partial charge in [-0.1, -0.05) is 60.7 Å². The van der Waals surface area contributed by atoms with Gasteiger partial charge in [0, 0.05) is 0 Å². The molecule has 32 heavy (non-hydrogen) atoms. The van der Waals surface area contributed by atoms with Crippen LogP contribution in [-0.2, 0) is 32.0 Å². The van der Waals surface area contributed by atoms with Crippen LogP contribution in [0.4, 0.5) is 0 Å². The minimum absolute atomic E-state index is 0.321. The van der Waals surface area contributed by atoms with Gasteiger partial charge in [0.15, 0.2) is 0 Å². The topological polar surface area (TPSA) is 83.9 Å². The number of aliphatic hydroxyl groups is 1. The summed E-state index contributed by atoms with van der Waals surface area (Å²) in [4.78, 5) is 40.8. The highest BCUT2D eigenvalue weighted by molar-refractivity contribution is 6.14. The third kappa shape index (κ3) is 5.62. The average Bonchev–Trinajstić information content (AvgIpc) is 3.00. The van der Waals surface area contributed by atoms with Crippen LogP contribution in [0.3, 0.4) is 0 Å². The zero-order chi connectivity index (χ0) is 23.3. The van der Waals surface area contributed by atoms with Crippen molar-refractivity contribution in [2.24, 2.45) is 11.8 Å². The summed E-state index contributed by atoms with van der Waals surface area (Å²) in [5.74, 6) is -3.71. The number of benzene rings is 2. The van der Waals surface area contributed by atoms with Crippen LogP contribution in [0.5, 0.6) is 0 Å². The highest BCUT2D eigenvalue weighted by atomic mass is 16.6. The van der Waals surface area contributed by atoms with Crippen molar-refractivity contribution in [2.45, 2.75) is 51.7 Å². The van der Waals surface area contributed by atoms with Crippen LogP contribution in [0.1, 0.15) is 38.3 Å². The van der Waals surface area contributed by atoms with Crippen molar-refractivity contribution < 1.29 is 24.2 Å². The molecule has 0 saturated carbocycles. The number of nitrogens with zero attached hydrogens (tertiary/aromatic N) is 1. The number of imide groups is 1. The lowest BCUT2D eigenvalue weighted by molar-refractivity contribution is -0.164. The van der Waals surface area contributed by atoms with E-state index in [-0.39, 0.29) is 6.61 Å². The zero-order valence-electron chi connectivity index (χ0n) is 18.9. The van der Waals surface area contributed by atoms with Gasteiger partial charge >= 0.3 is 5.97 Å². The van der Waals surface area contributed by atoms with Gasteiger partial charge in [0.25, 0.3) is 0 Å². The fourth-order valence-corrected chi connectivity index (χ4v) is 4.12. The first-order valence-corrected chi connectivity index (χ1v) is 11.0. The lowest BCUT2D eigenvalue weighted by Gasteiger charge is -2.25. The van der Waals surface area contributed by atoms with E-state index in [9.17, 15) is 19.5 Å². The molecule has 1 aliphatic heterocycles. The number of amides is 2. The predicted octanol–water partition coefficient (Wildman–Crippen LogP) is 3.17. The summed E-state index contributed by atoms with van der Waals surface area (Å²) in [6, 6.07) is 18.3. The second-order valence-corrected chi connectivity index (χ2v) is 9.21. The monoisotopic (exact) mass is 437 g/mol. The molecule has 0 aromatic heterocycles. The molecule has 0 unspecified atom stereocenters. The van der Waals surface area contributed by atoms with Crippen molar-refractivity contribution in [3.8, 4) is 0 Å². The molecule has 6 nitrogen and oxygen atoms in total. The van der Waals surface area contributed by atoms with Gasteiger partial charge < -0.3 is 9.84 Å². The number of aryl methyl sites for hydroxylation is 1. The molecule has 1 fully saturated rings. The lowest BCUT2D eigenvalue weighted by Crippen LogP contribution is -2.45. The minimum atomic E-state index is -1.20. The number of aliphatic hydroxyl groups excluding tert-OH is 1. The maximum atomic E-state index is 13.4. The molecule has 0 aliphatic carbocycles. The quantitative estimate of drug-likeness (QED) is 0.390. The minimum Gasteiger partial charge on any atom is -0.459 e. The van der Waals surface area contributed by atoms with E-state index >= 15 is 0 Å². The molecule has 3 rings (SSSR count). The Morgan fingerprint density at radius 1 is 0.969 bits per heavy atom. The molecule has 0 spiro atoms. The van der Waals surface area contributed by atoms with E-state index in [1.807, 2.05) is 60.7 Å². The molecule has 1 aliphatic rings. The lowest BCUT2D eigenvalue weighted by atomic mass is 9.89. The predicted molar refractivity (Wildman–Crippen MR) is 120 cm³/mol. The highest BCUT2D eigenvalue weighted by Crippen LogP contribution is 2.34. The number of likely N-dealkylation sites (tertiary alicyclic amines) is 1. The van der Waals surface area contributed by atoms with Gasteiger partial charge in [0.05, 0.1) is 18.6 Å². The van der Waals surface area contributed by atoms with Crippen molar-refractivity contribution in [1.82, 2.24) is 4.90 Å². The second-order valence-electron chi connectivity index (χ2n) is 9.21. The van der Waals surface area contributed by atoms with E-state index < -0.39 is 41.3 Å². The zero-order valence-corrected chi connectivity index (χ0v) is 18.9. The van der Waals surface area contributed by atoms with Gasteiger partial charge in [-0.05, 0) is 51.2 Å². The molecular weight excluding hydrogens is 406 g/mol. The number of esters is 1. The maximum Gasteiger partial charge on any atom is 0.319 e. The molecule has 170 valence electrons. The normalized spacial score (nSPS) is 19.8. The van der Waals surface area contributed by atoms with Gasteiger partial charge in [0.1, 0.15) is 11.5 Å². The van der Waals surface area contributed by atoms with Crippen molar-refractivity contribution in [1.29, 1.82) is 0 Å². The van der Waals surface area contributed by atoms with Crippen LogP contribution in [-0.4, -0.2) is 46.0 Å². The summed E-state index contributed by atoms with van der Waals surface area (Å²) >= 11 is 0. The number of carbonyl (C=O) groups excluding carboxylic acids is 3. The summed E-state index contributed by atoms with van der Waals surface area (Å²) in [6.07, 6.45) is 1.22. The molecule has 0 bridgehead atoms. The van der Waals surface area contributed by atoms with E-state index in [0.717, 1.165) is 16.0 Å². The maximum absolute atomic E-state index is 13.4. The Bertz CT molecular complexity index is 936. The van der Waals surface area contributed by atoms with E-state index in [4.69, 9.17) is 4.74 Å². The highest BCUT2D eigenvalue weighted by Gasteiger charge is 2.54. The number of ether oxygens (including phenoxy) is 1. The average molecular weight is 438 g/mol. The van der Waals surface area contributed by atoms with Gasteiger partial charge in [0.2, 0.25) is 11.8 Å². The fourth-order valence-electron chi connectivity index (χ4n) is 4.12. The van der Waals surface area contributed by atoms with Gasteiger partial charge in [-0.2, -0.15) is 0 Å². The first-order valence-electron chi connectivity index (χ1n) is 11.0. The summed E-state index contributed by atoms with van der Waals surface area (Å²) in [5.41, 5.74) is 1.14. The fraction of sp³-hybridized carbons (Fsp3) is 0.423. The van der Waals surface area contributed by atoms with Gasteiger partial charge in [-0.15, -0.1) is 0 Å². The van der Waals surface area contributed by atoms with Crippen molar-refractivity contribution in [3.63, 3.8) is 0 Å². The second kappa shape index (κ2) is 10.1. The standard InChI is InChI=1S/C26H31NO5/c1-26(2,3)32-25(31)22-21(15-14-18-10-6-4-7-11-18)23(29)27(24(22)30)20(17-28)16-19-12-8-5-9-13-19/h4-13,20-22,28H,14-17H2,1-3H3/t20-,21+,22+/m0/s1. The van der Waals surface area contributed by atoms with E-state index in [1.165, 1.54) is 0 Å². The van der Waals surface area contributed by atoms with Crippen LogP contribution in [0.25, 0.3) is 0 Å². The van der Waals surface area contributed by atoms with Crippen molar-refractivity contribution in [2.75, 3.05) is 6.61 Å². The van der Waals surface area contributed by atoms with E-state index in [2.05, 4.69) is 0 Å². The van der Waals surface area contributed by atoms with Crippen LogP contribution in [0.15, 0.2) is 60.7 Å². The summed E-state index contributed by atoms with van der Waals surface area (Å²) in [5, 5.41) is 10.0. The molecule has 3 atom stereocenters. The smallest absolute Gasteiger partial charge is 0.319 e. The largest absolute Gasteiger partial charge is 0.459 e. The Kier molecular flexibility index (Phi) is 7.46. The first kappa shape index (κ1) is 23.7. The molecule has 2 amide bonds. The van der Waals surface area contributed by atoms with E-state index in [0.29, 0.717) is 19.3 Å². The number of rotatable bonds is 8.